The number of methoxy groups -OCH3 is 2. The fourth-order valence-corrected chi connectivity index (χ4v) is 3.76. The first-order valence-electron chi connectivity index (χ1n) is 11.3. The lowest BCUT2D eigenvalue weighted by atomic mass is 10.1. The third kappa shape index (κ3) is 5.36. The Morgan fingerprint density at radius 3 is 2.43 bits per heavy atom. The van der Waals surface area contributed by atoms with Gasteiger partial charge in [0.15, 0.2) is 5.75 Å². The van der Waals surface area contributed by atoms with E-state index in [-0.39, 0.29) is 0 Å². The zero-order chi connectivity index (χ0) is 24.9. The summed E-state index contributed by atoms with van der Waals surface area (Å²) in [5.74, 6) is 1.58. The molecule has 0 aliphatic carbocycles. The van der Waals surface area contributed by atoms with Crippen LogP contribution in [0.15, 0.2) is 54.9 Å². The van der Waals surface area contributed by atoms with Gasteiger partial charge in [-0.15, -0.1) is 0 Å². The van der Waals surface area contributed by atoms with Crippen LogP contribution in [0.1, 0.15) is 0 Å². The molecule has 0 saturated heterocycles. The van der Waals surface area contributed by atoms with E-state index in [4.69, 9.17) is 20.2 Å². The predicted molar refractivity (Wildman–Crippen MR) is 142 cm³/mol. The Morgan fingerprint density at radius 1 is 0.914 bits per heavy atom. The van der Waals surface area contributed by atoms with Crippen LogP contribution in [0, 0.1) is 0 Å². The molecular weight excluding hydrogens is 442 g/mol. The lowest BCUT2D eigenvalue weighted by Crippen LogP contribution is -2.29. The molecule has 0 aliphatic rings. The van der Waals surface area contributed by atoms with Crippen LogP contribution in [0.4, 0.5) is 23.0 Å². The van der Waals surface area contributed by atoms with Crippen molar-refractivity contribution in [3.05, 3.63) is 54.9 Å². The van der Waals surface area contributed by atoms with Gasteiger partial charge < -0.3 is 30.3 Å². The number of fused-ring (bicyclic) bond motifs is 1. The van der Waals surface area contributed by atoms with Crippen molar-refractivity contribution in [3.63, 3.8) is 0 Å². The minimum absolute atomic E-state index is 0.389. The maximum atomic E-state index is 6.41. The van der Waals surface area contributed by atoms with E-state index in [1.54, 1.807) is 26.6 Å². The maximum absolute atomic E-state index is 6.41. The van der Waals surface area contributed by atoms with Gasteiger partial charge in [-0.1, -0.05) is 18.2 Å². The largest absolute Gasteiger partial charge is 0.494 e. The lowest BCUT2D eigenvalue weighted by Gasteiger charge is -2.24. The van der Waals surface area contributed by atoms with Crippen molar-refractivity contribution in [1.82, 2.24) is 19.9 Å². The highest BCUT2D eigenvalue weighted by atomic mass is 16.5. The average molecular weight is 474 g/mol. The van der Waals surface area contributed by atoms with Gasteiger partial charge in [-0.25, -0.2) is 9.97 Å². The molecule has 2 heterocycles. The lowest BCUT2D eigenvalue weighted by molar-refractivity contribution is 0.412. The van der Waals surface area contributed by atoms with Crippen LogP contribution in [0.3, 0.4) is 0 Å². The number of benzene rings is 2. The molecule has 35 heavy (non-hydrogen) atoms. The van der Waals surface area contributed by atoms with Crippen molar-refractivity contribution in [2.45, 2.75) is 0 Å². The standard InChI is InChI=1S/C26H31N7O2/c1-32(2)10-11-33(3)22-14-23(34-4)21(13-19(22)27)30-26-29-16-24(35-5)25(31-26)18-12-17-8-6-7-9-20(17)28-15-18/h6-9,12-16H,10-11,27H2,1-5H3,(H,29,30,31). The smallest absolute Gasteiger partial charge is 0.228 e. The number of pyridine rings is 1. The van der Waals surface area contributed by atoms with E-state index in [1.807, 2.05) is 63.6 Å². The quantitative estimate of drug-likeness (QED) is 0.349. The van der Waals surface area contributed by atoms with Crippen LogP contribution in [-0.4, -0.2) is 68.3 Å². The van der Waals surface area contributed by atoms with Crippen molar-refractivity contribution in [2.24, 2.45) is 0 Å². The summed E-state index contributed by atoms with van der Waals surface area (Å²) in [6.07, 6.45) is 3.42. The molecule has 182 valence electrons. The first-order valence-corrected chi connectivity index (χ1v) is 11.3. The Balaban J connectivity index is 1.66. The van der Waals surface area contributed by atoms with E-state index in [0.717, 1.165) is 35.2 Å². The molecule has 0 saturated carbocycles. The number of likely N-dealkylation sites (N-methyl/N-ethyl adjacent to an activating group) is 2. The van der Waals surface area contributed by atoms with Crippen LogP contribution in [0.25, 0.3) is 22.2 Å². The number of para-hydroxylation sites is 1. The number of hydrogen-bond acceptors (Lipinski definition) is 9. The summed E-state index contributed by atoms with van der Waals surface area (Å²) in [5, 5.41) is 4.27. The monoisotopic (exact) mass is 473 g/mol. The maximum Gasteiger partial charge on any atom is 0.228 e. The van der Waals surface area contributed by atoms with Gasteiger partial charge in [0.25, 0.3) is 0 Å². The van der Waals surface area contributed by atoms with Gasteiger partial charge in [-0.3, -0.25) is 4.98 Å². The SMILES string of the molecule is COc1cc(N(C)CCN(C)C)c(N)cc1Nc1ncc(OC)c(-c2cnc3ccccc3c2)n1. The molecule has 2 aromatic heterocycles. The molecule has 9 nitrogen and oxygen atoms in total. The summed E-state index contributed by atoms with van der Waals surface area (Å²) in [5.41, 5.74) is 11.0. The number of nitrogen functional groups attached to an aromatic ring is 1. The third-order valence-corrected chi connectivity index (χ3v) is 5.73. The van der Waals surface area contributed by atoms with Crippen molar-refractivity contribution >= 4 is 33.9 Å². The van der Waals surface area contributed by atoms with Crippen LogP contribution < -0.4 is 25.4 Å². The fraction of sp³-hybridized carbons (Fsp3) is 0.269. The topological polar surface area (TPSA) is 102 Å². The van der Waals surface area contributed by atoms with Crippen LogP contribution in [0.5, 0.6) is 11.5 Å². The van der Waals surface area contributed by atoms with E-state index in [9.17, 15) is 0 Å². The van der Waals surface area contributed by atoms with Crippen LogP contribution in [-0.2, 0) is 0 Å². The molecule has 4 rings (SSSR count). The van der Waals surface area contributed by atoms with Gasteiger partial charge in [-0.2, -0.15) is 0 Å². The highest BCUT2D eigenvalue weighted by molar-refractivity contribution is 5.84. The molecule has 0 aliphatic heterocycles. The zero-order valence-corrected chi connectivity index (χ0v) is 20.7. The molecule has 4 aromatic rings. The Kier molecular flexibility index (Phi) is 7.17. The number of nitrogens with one attached hydrogen (secondary N) is 1. The van der Waals surface area contributed by atoms with E-state index in [0.29, 0.717) is 34.5 Å². The molecule has 0 atom stereocenters. The number of rotatable bonds is 9. The number of hydrogen-bond donors (Lipinski definition) is 2. The second-order valence-corrected chi connectivity index (χ2v) is 8.49. The number of ether oxygens (including phenoxy) is 2. The van der Waals surface area contributed by atoms with Crippen molar-refractivity contribution < 1.29 is 9.47 Å². The van der Waals surface area contributed by atoms with Gasteiger partial charge in [0.1, 0.15) is 11.4 Å². The summed E-state index contributed by atoms with van der Waals surface area (Å²) < 4.78 is 11.2. The van der Waals surface area contributed by atoms with E-state index in [1.165, 1.54) is 0 Å². The van der Waals surface area contributed by atoms with Crippen LogP contribution in [0.2, 0.25) is 0 Å². The van der Waals surface area contributed by atoms with Gasteiger partial charge in [0.05, 0.1) is 43.0 Å². The average Bonchev–Trinajstić information content (AvgIpc) is 2.87. The van der Waals surface area contributed by atoms with E-state index in [2.05, 4.69) is 25.1 Å². The molecule has 0 amide bonds. The Bertz CT molecular complexity index is 1330. The minimum Gasteiger partial charge on any atom is -0.494 e. The van der Waals surface area contributed by atoms with E-state index >= 15 is 0 Å². The second-order valence-electron chi connectivity index (χ2n) is 8.49. The molecule has 2 aromatic carbocycles. The third-order valence-electron chi connectivity index (χ3n) is 5.73. The molecule has 0 fully saturated rings. The first kappa shape index (κ1) is 24.0. The summed E-state index contributed by atoms with van der Waals surface area (Å²) >= 11 is 0. The summed E-state index contributed by atoms with van der Waals surface area (Å²) in [6, 6.07) is 13.7. The molecule has 0 bridgehead atoms. The van der Waals surface area contributed by atoms with Gasteiger partial charge in [0.2, 0.25) is 5.95 Å². The number of nitrogens with zero attached hydrogens (tertiary/aromatic N) is 5. The van der Waals surface area contributed by atoms with Gasteiger partial charge >= 0.3 is 0 Å². The van der Waals surface area contributed by atoms with Crippen molar-refractivity contribution in [3.8, 4) is 22.8 Å². The zero-order valence-electron chi connectivity index (χ0n) is 20.7. The molecule has 0 radical (unpaired) electrons. The number of anilines is 4. The number of nitrogens with two attached hydrogens (primary N) is 1. The fourth-order valence-electron chi connectivity index (χ4n) is 3.76. The molecule has 0 spiro atoms. The molecular formula is C26H31N7O2. The summed E-state index contributed by atoms with van der Waals surface area (Å²) in [6.45, 7) is 1.74. The second kappa shape index (κ2) is 10.4. The van der Waals surface area contributed by atoms with Crippen molar-refractivity contribution in [1.29, 1.82) is 0 Å². The first-order chi connectivity index (χ1) is 16.9. The summed E-state index contributed by atoms with van der Waals surface area (Å²) in [4.78, 5) is 17.9. The summed E-state index contributed by atoms with van der Waals surface area (Å²) in [7, 11) is 9.32. The van der Waals surface area contributed by atoms with E-state index < -0.39 is 0 Å². The number of aromatic nitrogens is 3. The highest BCUT2D eigenvalue weighted by Crippen LogP contribution is 2.37. The minimum atomic E-state index is 0.389. The molecule has 9 heteroatoms. The molecule has 3 N–H and O–H groups in total. The highest BCUT2D eigenvalue weighted by Gasteiger charge is 2.16. The normalized spacial score (nSPS) is 11.0. The Morgan fingerprint density at radius 2 is 1.69 bits per heavy atom. The molecule has 0 unspecified atom stereocenters. The Labute approximate surface area is 205 Å². The van der Waals surface area contributed by atoms with Gasteiger partial charge in [-0.05, 0) is 32.3 Å². The van der Waals surface area contributed by atoms with Crippen molar-refractivity contribution in [2.75, 3.05) is 64.4 Å². The van der Waals surface area contributed by atoms with Crippen LogP contribution >= 0.6 is 0 Å². The van der Waals surface area contributed by atoms with Gasteiger partial charge in [0, 0.05) is 43.4 Å². The Hall–Kier alpha value is -4.11. The predicted octanol–water partition coefficient (Wildman–Crippen LogP) is 4.03.